The van der Waals surface area contributed by atoms with Gasteiger partial charge in [-0.1, -0.05) is 6.92 Å². The molecule has 0 saturated carbocycles. The molecule has 0 radical (unpaired) electrons. The second kappa shape index (κ2) is 6.47. The number of rotatable bonds is 6. The minimum absolute atomic E-state index is 0.178. The predicted molar refractivity (Wildman–Crippen MR) is 79.3 cm³/mol. The lowest BCUT2D eigenvalue weighted by atomic mass is 10.1. The molecule has 6 heteroatoms. The molecule has 0 spiro atoms. The van der Waals surface area contributed by atoms with E-state index in [4.69, 9.17) is 5.73 Å². The first-order valence-electron chi connectivity index (χ1n) is 6.83. The molecule has 1 unspecified atom stereocenters. The van der Waals surface area contributed by atoms with Crippen molar-refractivity contribution in [2.75, 3.05) is 11.9 Å². The molecule has 0 fully saturated rings. The predicted octanol–water partition coefficient (Wildman–Crippen LogP) is 1.13. The van der Waals surface area contributed by atoms with Gasteiger partial charge in [0.1, 0.15) is 0 Å². The van der Waals surface area contributed by atoms with Crippen LogP contribution < -0.4 is 10.6 Å². The van der Waals surface area contributed by atoms with Crippen molar-refractivity contribution in [2.24, 2.45) is 12.8 Å². The van der Waals surface area contributed by atoms with Gasteiger partial charge in [-0.3, -0.25) is 4.68 Å². The first-order chi connectivity index (χ1) is 9.58. The lowest BCUT2D eigenvalue weighted by Gasteiger charge is -2.16. The van der Waals surface area contributed by atoms with Crippen molar-refractivity contribution in [3.8, 4) is 0 Å². The number of aromatic nitrogens is 4. The van der Waals surface area contributed by atoms with Gasteiger partial charge in [0.2, 0.25) is 5.95 Å². The average Bonchev–Trinajstić information content (AvgIpc) is 2.84. The van der Waals surface area contributed by atoms with E-state index in [1.807, 2.05) is 43.8 Å². The highest BCUT2D eigenvalue weighted by molar-refractivity contribution is 5.30. The van der Waals surface area contributed by atoms with Crippen molar-refractivity contribution in [2.45, 2.75) is 32.4 Å². The second-order valence-corrected chi connectivity index (χ2v) is 5.14. The molecule has 2 heterocycles. The minimum atomic E-state index is 0.178. The number of anilines is 1. The van der Waals surface area contributed by atoms with Crippen LogP contribution in [-0.4, -0.2) is 32.8 Å². The van der Waals surface area contributed by atoms with Crippen molar-refractivity contribution < 1.29 is 0 Å². The summed E-state index contributed by atoms with van der Waals surface area (Å²) >= 11 is 0. The van der Waals surface area contributed by atoms with E-state index in [9.17, 15) is 0 Å². The number of nitrogens with zero attached hydrogens (tertiary/aromatic N) is 5. The maximum Gasteiger partial charge on any atom is 0.225 e. The van der Waals surface area contributed by atoms with Crippen LogP contribution in [0.15, 0.2) is 24.8 Å². The third-order valence-corrected chi connectivity index (χ3v) is 3.23. The Kier molecular flexibility index (Phi) is 4.68. The Hall–Kier alpha value is -1.95. The van der Waals surface area contributed by atoms with Crippen LogP contribution in [0.25, 0.3) is 0 Å². The zero-order valence-corrected chi connectivity index (χ0v) is 12.3. The molecule has 1 atom stereocenters. The number of aryl methyl sites for hydroxylation is 1. The topological polar surface area (TPSA) is 72.9 Å². The fourth-order valence-corrected chi connectivity index (χ4v) is 2.00. The van der Waals surface area contributed by atoms with Gasteiger partial charge in [0.25, 0.3) is 0 Å². The Morgan fingerprint density at radius 2 is 1.95 bits per heavy atom. The summed E-state index contributed by atoms with van der Waals surface area (Å²) in [6.45, 7) is 2.82. The van der Waals surface area contributed by atoms with E-state index >= 15 is 0 Å². The number of hydrogen-bond acceptors (Lipinski definition) is 5. The Morgan fingerprint density at radius 1 is 1.25 bits per heavy atom. The first kappa shape index (κ1) is 14.5. The zero-order valence-electron chi connectivity index (χ0n) is 12.3. The van der Waals surface area contributed by atoms with Crippen LogP contribution in [0.5, 0.6) is 0 Å². The maximum absolute atomic E-state index is 5.93. The normalized spacial score (nSPS) is 12.4. The summed E-state index contributed by atoms with van der Waals surface area (Å²) in [6, 6.07) is 0.178. The van der Waals surface area contributed by atoms with Gasteiger partial charge in [-0.15, -0.1) is 0 Å². The van der Waals surface area contributed by atoms with E-state index < -0.39 is 0 Å². The molecule has 2 N–H and O–H groups in total. The summed E-state index contributed by atoms with van der Waals surface area (Å²) in [5.74, 6) is 0.711. The monoisotopic (exact) mass is 274 g/mol. The van der Waals surface area contributed by atoms with Gasteiger partial charge in [0.05, 0.1) is 6.20 Å². The third-order valence-electron chi connectivity index (χ3n) is 3.23. The van der Waals surface area contributed by atoms with Crippen molar-refractivity contribution in [3.63, 3.8) is 0 Å². The van der Waals surface area contributed by atoms with Crippen LogP contribution >= 0.6 is 0 Å². The van der Waals surface area contributed by atoms with Crippen molar-refractivity contribution in [3.05, 3.63) is 35.9 Å². The van der Waals surface area contributed by atoms with Crippen LogP contribution in [-0.2, 0) is 20.0 Å². The lowest BCUT2D eigenvalue weighted by molar-refractivity contribution is 0.643. The molecule has 2 rings (SSSR count). The summed E-state index contributed by atoms with van der Waals surface area (Å²) in [5, 5.41) is 4.15. The molecule has 0 bridgehead atoms. The van der Waals surface area contributed by atoms with Crippen molar-refractivity contribution >= 4 is 5.95 Å². The molecule has 0 amide bonds. The van der Waals surface area contributed by atoms with Crippen LogP contribution in [0, 0.1) is 0 Å². The first-order valence-corrected chi connectivity index (χ1v) is 6.83. The van der Waals surface area contributed by atoms with Gasteiger partial charge in [0, 0.05) is 50.8 Å². The summed E-state index contributed by atoms with van der Waals surface area (Å²) < 4.78 is 1.79. The Balaban J connectivity index is 1.98. The molecular weight excluding hydrogens is 252 g/mol. The Morgan fingerprint density at radius 3 is 2.50 bits per heavy atom. The SMILES string of the molecule is CCC(N)Cc1cnc(N(C)Cc2cnn(C)c2)nc1. The molecule has 0 aliphatic heterocycles. The number of hydrogen-bond donors (Lipinski definition) is 1. The van der Waals surface area contributed by atoms with Gasteiger partial charge in [-0.2, -0.15) is 5.10 Å². The standard InChI is InChI=1S/C14H22N6/c1-4-13(15)5-11-6-16-14(17-7-11)19(2)9-12-8-18-20(3)10-12/h6-8,10,13H,4-5,9,15H2,1-3H3. The molecule has 0 aromatic carbocycles. The van der Waals surface area contributed by atoms with Crippen LogP contribution in [0.2, 0.25) is 0 Å². The van der Waals surface area contributed by atoms with Gasteiger partial charge >= 0.3 is 0 Å². The summed E-state index contributed by atoms with van der Waals surface area (Å²) in [4.78, 5) is 10.8. The molecule has 0 aliphatic rings. The Bertz CT molecular complexity index is 533. The largest absolute Gasteiger partial charge is 0.339 e. The van der Waals surface area contributed by atoms with Gasteiger partial charge in [0.15, 0.2) is 0 Å². The molecule has 108 valence electrons. The van der Waals surface area contributed by atoms with E-state index in [-0.39, 0.29) is 6.04 Å². The average molecular weight is 274 g/mol. The quantitative estimate of drug-likeness (QED) is 0.854. The van der Waals surface area contributed by atoms with Crippen LogP contribution in [0.3, 0.4) is 0 Å². The van der Waals surface area contributed by atoms with Crippen molar-refractivity contribution in [1.82, 2.24) is 19.7 Å². The maximum atomic E-state index is 5.93. The molecule has 2 aromatic heterocycles. The molecule has 0 saturated heterocycles. The number of nitrogens with two attached hydrogens (primary N) is 1. The summed E-state index contributed by atoms with van der Waals surface area (Å²) in [7, 11) is 3.88. The van der Waals surface area contributed by atoms with Crippen LogP contribution in [0.1, 0.15) is 24.5 Å². The zero-order chi connectivity index (χ0) is 14.5. The van der Waals surface area contributed by atoms with Gasteiger partial charge < -0.3 is 10.6 Å². The minimum Gasteiger partial charge on any atom is -0.339 e. The van der Waals surface area contributed by atoms with E-state index in [0.717, 1.165) is 30.5 Å². The second-order valence-electron chi connectivity index (χ2n) is 5.14. The van der Waals surface area contributed by atoms with Gasteiger partial charge in [-0.25, -0.2) is 9.97 Å². The molecule has 6 nitrogen and oxygen atoms in total. The third kappa shape index (κ3) is 3.77. The van der Waals surface area contributed by atoms with Crippen LogP contribution in [0.4, 0.5) is 5.95 Å². The highest BCUT2D eigenvalue weighted by Crippen LogP contribution is 2.10. The highest BCUT2D eigenvalue weighted by atomic mass is 15.3. The summed E-state index contributed by atoms with van der Waals surface area (Å²) in [5.41, 5.74) is 8.15. The smallest absolute Gasteiger partial charge is 0.225 e. The summed E-state index contributed by atoms with van der Waals surface area (Å²) in [6.07, 6.45) is 9.34. The highest BCUT2D eigenvalue weighted by Gasteiger charge is 2.08. The lowest BCUT2D eigenvalue weighted by Crippen LogP contribution is -2.22. The molecule has 2 aromatic rings. The molecule has 20 heavy (non-hydrogen) atoms. The van der Waals surface area contributed by atoms with E-state index in [2.05, 4.69) is 22.0 Å². The Labute approximate surface area is 119 Å². The van der Waals surface area contributed by atoms with E-state index in [1.54, 1.807) is 4.68 Å². The van der Waals surface area contributed by atoms with E-state index in [1.165, 1.54) is 0 Å². The van der Waals surface area contributed by atoms with Gasteiger partial charge in [-0.05, 0) is 18.4 Å². The molecular formula is C14H22N6. The molecule has 0 aliphatic carbocycles. The van der Waals surface area contributed by atoms with Crippen molar-refractivity contribution in [1.29, 1.82) is 0 Å². The fourth-order valence-electron chi connectivity index (χ4n) is 2.00. The fraction of sp³-hybridized carbons (Fsp3) is 0.500. The van der Waals surface area contributed by atoms with E-state index in [0.29, 0.717) is 5.95 Å².